The van der Waals surface area contributed by atoms with Gasteiger partial charge >= 0.3 is 0 Å². The normalized spacial score (nSPS) is 19.8. The molecule has 0 N–H and O–H groups in total. The van der Waals surface area contributed by atoms with Crippen LogP contribution in [-0.4, -0.2) is 0 Å². The van der Waals surface area contributed by atoms with Gasteiger partial charge in [0.25, 0.3) is 0 Å². The Labute approximate surface area is 133 Å². The molecule has 0 saturated heterocycles. The van der Waals surface area contributed by atoms with Crippen LogP contribution >= 0.6 is 0 Å². The average molecular weight is 296 g/mol. The first-order chi connectivity index (χ1) is 10.4. The lowest BCUT2D eigenvalue weighted by atomic mass is 9.97. The average Bonchev–Trinajstić information content (AvgIpc) is 2.99. The van der Waals surface area contributed by atoms with E-state index < -0.39 is 0 Å². The molecule has 0 fully saturated rings. The Morgan fingerprint density at radius 3 is 1.36 bits per heavy atom. The fourth-order valence-electron chi connectivity index (χ4n) is 3.14. The SMILES string of the molecule is CC1(C)OCc2ccccc21.CC1(C)OCc2ccccc21. The quantitative estimate of drug-likeness (QED) is 0.688. The van der Waals surface area contributed by atoms with Gasteiger partial charge in [0, 0.05) is 0 Å². The number of hydrogen-bond acceptors (Lipinski definition) is 2. The molecule has 0 unspecified atom stereocenters. The van der Waals surface area contributed by atoms with Crippen LogP contribution in [0.2, 0.25) is 0 Å². The standard InChI is InChI=1S/2C10H12O/c2*1-10(2)9-6-4-3-5-8(9)7-11-10/h2*3-6H,7H2,1-2H3. The van der Waals surface area contributed by atoms with Crippen molar-refractivity contribution in [1.82, 2.24) is 0 Å². The zero-order valence-electron chi connectivity index (χ0n) is 13.8. The van der Waals surface area contributed by atoms with Gasteiger partial charge in [-0.05, 0) is 49.9 Å². The Balaban J connectivity index is 0.000000131. The maximum atomic E-state index is 5.61. The summed E-state index contributed by atoms with van der Waals surface area (Å²) in [6.45, 7) is 9.97. The summed E-state index contributed by atoms with van der Waals surface area (Å²) in [5, 5.41) is 0. The smallest absolute Gasteiger partial charge is 0.0883 e. The highest BCUT2D eigenvalue weighted by atomic mass is 16.5. The molecule has 2 aliphatic heterocycles. The molecule has 4 rings (SSSR count). The van der Waals surface area contributed by atoms with Crippen molar-refractivity contribution >= 4 is 0 Å². The molecule has 0 radical (unpaired) electrons. The van der Waals surface area contributed by atoms with Crippen LogP contribution in [0.4, 0.5) is 0 Å². The fourth-order valence-corrected chi connectivity index (χ4v) is 3.14. The third-order valence-corrected chi connectivity index (χ3v) is 4.51. The Hall–Kier alpha value is -1.64. The summed E-state index contributed by atoms with van der Waals surface area (Å²) in [4.78, 5) is 0. The molecule has 0 aromatic heterocycles. The van der Waals surface area contributed by atoms with Gasteiger partial charge in [-0.15, -0.1) is 0 Å². The Morgan fingerprint density at radius 2 is 1.00 bits per heavy atom. The van der Waals surface area contributed by atoms with Crippen molar-refractivity contribution in [3.8, 4) is 0 Å². The van der Waals surface area contributed by atoms with Crippen molar-refractivity contribution in [2.24, 2.45) is 0 Å². The minimum absolute atomic E-state index is 0.0728. The van der Waals surface area contributed by atoms with Crippen molar-refractivity contribution in [1.29, 1.82) is 0 Å². The molecule has 2 heterocycles. The number of hydrogen-bond donors (Lipinski definition) is 0. The van der Waals surface area contributed by atoms with Crippen molar-refractivity contribution in [2.45, 2.75) is 52.1 Å². The first-order valence-corrected chi connectivity index (χ1v) is 7.85. The van der Waals surface area contributed by atoms with Crippen molar-refractivity contribution in [2.75, 3.05) is 0 Å². The molecule has 2 aromatic carbocycles. The minimum Gasteiger partial charge on any atom is -0.366 e. The highest BCUT2D eigenvalue weighted by Crippen LogP contribution is 2.35. The molecular formula is C20H24O2. The van der Waals surface area contributed by atoms with Gasteiger partial charge < -0.3 is 9.47 Å². The fraction of sp³-hybridized carbons (Fsp3) is 0.400. The summed E-state index contributed by atoms with van der Waals surface area (Å²) in [6.07, 6.45) is 0. The summed E-state index contributed by atoms with van der Waals surface area (Å²) < 4.78 is 11.2. The van der Waals surface area contributed by atoms with Crippen molar-refractivity contribution < 1.29 is 9.47 Å². The molecular weight excluding hydrogens is 272 g/mol. The molecule has 0 spiro atoms. The summed E-state index contributed by atoms with van der Waals surface area (Å²) in [5.41, 5.74) is 5.18. The predicted octanol–water partition coefficient (Wildman–Crippen LogP) is 4.90. The molecule has 116 valence electrons. The van der Waals surface area contributed by atoms with Crippen LogP contribution in [0.1, 0.15) is 49.9 Å². The summed E-state index contributed by atoms with van der Waals surface area (Å²) in [6, 6.07) is 16.8. The van der Waals surface area contributed by atoms with Crippen LogP contribution in [-0.2, 0) is 33.9 Å². The van der Waals surface area contributed by atoms with E-state index >= 15 is 0 Å². The van der Waals surface area contributed by atoms with E-state index in [1.165, 1.54) is 22.3 Å². The topological polar surface area (TPSA) is 18.5 Å². The van der Waals surface area contributed by atoms with E-state index in [9.17, 15) is 0 Å². The highest BCUT2D eigenvalue weighted by Gasteiger charge is 2.30. The van der Waals surface area contributed by atoms with E-state index in [2.05, 4.69) is 76.2 Å². The zero-order chi connectivity index (χ0) is 15.8. The number of rotatable bonds is 0. The van der Waals surface area contributed by atoms with Gasteiger partial charge in [0.2, 0.25) is 0 Å². The summed E-state index contributed by atoms with van der Waals surface area (Å²) in [5.74, 6) is 0. The van der Waals surface area contributed by atoms with Gasteiger partial charge in [0.05, 0.1) is 24.4 Å². The molecule has 0 bridgehead atoms. The summed E-state index contributed by atoms with van der Waals surface area (Å²) in [7, 11) is 0. The lowest BCUT2D eigenvalue weighted by Gasteiger charge is -2.17. The molecule has 2 aliphatic rings. The molecule has 2 heteroatoms. The highest BCUT2D eigenvalue weighted by molar-refractivity contribution is 5.34. The Bertz CT molecular complexity index is 611. The van der Waals surface area contributed by atoms with Crippen molar-refractivity contribution in [3.05, 3.63) is 70.8 Å². The van der Waals surface area contributed by atoms with Gasteiger partial charge in [-0.25, -0.2) is 0 Å². The van der Waals surface area contributed by atoms with Crippen molar-refractivity contribution in [3.63, 3.8) is 0 Å². The van der Waals surface area contributed by atoms with Crippen LogP contribution in [0, 0.1) is 0 Å². The van der Waals surface area contributed by atoms with Gasteiger partial charge in [0.1, 0.15) is 0 Å². The lowest BCUT2D eigenvalue weighted by Crippen LogP contribution is -2.14. The third-order valence-electron chi connectivity index (χ3n) is 4.51. The maximum Gasteiger partial charge on any atom is 0.0883 e. The van der Waals surface area contributed by atoms with Gasteiger partial charge in [-0.3, -0.25) is 0 Å². The second-order valence-electron chi connectivity index (χ2n) is 6.91. The van der Waals surface area contributed by atoms with E-state index in [1.807, 2.05) is 0 Å². The first kappa shape index (κ1) is 15.3. The molecule has 0 amide bonds. The van der Waals surface area contributed by atoms with E-state index in [4.69, 9.17) is 9.47 Å². The maximum absolute atomic E-state index is 5.61. The summed E-state index contributed by atoms with van der Waals surface area (Å²) >= 11 is 0. The molecule has 22 heavy (non-hydrogen) atoms. The Morgan fingerprint density at radius 1 is 0.636 bits per heavy atom. The second kappa shape index (κ2) is 5.53. The Kier molecular flexibility index (Phi) is 3.84. The number of ether oxygens (including phenoxy) is 2. The number of benzene rings is 2. The first-order valence-electron chi connectivity index (χ1n) is 7.85. The van der Waals surface area contributed by atoms with E-state index in [1.54, 1.807) is 0 Å². The van der Waals surface area contributed by atoms with Gasteiger partial charge in [-0.2, -0.15) is 0 Å². The van der Waals surface area contributed by atoms with Crippen LogP contribution in [0.15, 0.2) is 48.5 Å². The van der Waals surface area contributed by atoms with Crippen LogP contribution in [0.5, 0.6) is 0 Å². The molecule has 0 atom stereocenters. The third kappa shape index (κ3) is 2.81. The van der Waals surface area contributed by atoms with Crippen LogP contribution in [0.3, 0.4) is 0 Å². The van der Waals surface area contributed by atoms with Crippen LogP contribution in [0.25, 0.3) is 0 Å². The van der Waals surface area contributed by atoms with Gasteiger partial charge in [-0.1, -0.05) is 48.5 Å². The molecule has 0 aliphatic carbocycles. The van der Waals surface area contributed by atoms with E-state index in [0.29, 0.717) is 0 Å². The lowest BCUT2D eigenvalue weighted by molar-refractivity contribution is -0.00811. The molecule has 2 nitrogen and oxygen atoms in total. The monoisotopic (exact) mass is 296 g/mol. The number of fused-ring (bicyclic) bond motifs is 2. The molecule has 0 saturated carbocycles. The van der Waals surface area contributed by atoms with E-state index in [-0.39, 0.29) is 11.2 Å². The largest absolute Gasteiger partial charge is 0.366 e. The van der Waals surface area contributed by atoms with Gasteiger partial charge in [0.15, 0.2) is 0 Å². The van der Waals surface area contributed by atoms with Crippen LogP contribution < -0.4 is 0 Å². The minimum atomic E-state index is -0.0728. The van der Waals surface area contributed by atoms with E-state index in [0.717, 1.165) is 13.2 Å². The second-order valence-corrected chi connectivity index (χ2v) is 6.91. The zero-order valence-corrected chi connectivity index (χ0v) is 13.8. The molecule has 2 aromatic rings. The predicted molar refractivity (Wildman–Crippen MR) is 88.5 cm³/mol.